The molecule has 0 spiro atoms. The third kappa shape index (κ3) is 3.56. The van der Waals surface area contributed by atoms with E-state index in [4.69, 9.17) is 4.52 Å². The summed E-state index contributed by atoms with van der Waals surface area (Å²) in [5.74, 6) is 1.02. The maximum atomic E-state index is 5.11. The van der Waals surface area contributed by atoms with Crippen molar-refractivity contribution in [1.29, 1.82) is 0 Å². The molecule has 104 valence electrons. The molecule has 0 aliphatic rings. The Bertz CT molecular complexity index is 529. The van der Waals surface area contributed by atoms with E-state index in [0.717, 1.165) is 31.0 Å². The highest BCUT2D eigenvalue weighted by atomic mass is 16.5. The van der Waals surface area contributed by atoms with Crippen molar-refractivity contribution in [3.8, 4) is 0 Å². The molecule has 0 saturated carbocycles. The molecule has 0 aliphatic heterocycles. The predicted octanol–water partition coefficient (Wildman–Crippen LogP) is 2.51. The van der Waals surface area contributed by atoms with E-state index in [2.05, 4.69) is 33.5 Å². The largest absolute Gasteiger partial charge is 0.338 e. The van der Waals surface area contributed by atoms with Crippen LogP contribution in [-0.4, -0.2) is 26.5 Å². The zero-order valence-corrected chi connectivity index (χ0v) is 12.0. The lowest BCUT2D eigenvalue weighted by molar-refractivity contribution is 0.418. The van der Waals surface area contributed by atoms with Crippen LogP contribution in [-0.2, 0) is 6.54 Å². The molecule has 6 nitrogen and oxygen atoms in total. The van der Waals surface area contributed by atoms with Crippen LogP contribution in [0.4, 0.5) is 6.01 Å². The van der Waals surface area contributed by atoms with Crippen molar-refractivity contribution in [3.05, 3.63) is 23.3 Å². The summed E-state index contributed by atoms with van der Waals surface area (Å²) in [6.07, 6.45) is 0.960. The highest BCUT2D eigenvalue weighted by Crippen LogP contribution is 2.12. The quantitative estimate of drug-likeness (QED) is 0.811. The van der Waals surface area contributed by atoms with E-state index in [0.29, 0.717) is 6.01 Å². The molecule has 0 radical (unpaired) electrons. The van der Waals surface area contributed by atoms with E-state index in [-0.39, 0.29) is 5.92 Å². The molecule has 0 fully saturated rings. The van der Waals surface area contributed by atoms with Crippen LogP contribution in [0.1, 0.15) is 43.4 Å². The molecule has 0 unspecified atom stereocenters. The molecule has 0 aromatic carbocycles. The third-order valence-electron chi connectivity index (χ3n) is 2.88. The van der Waals surface area contributed by atoms with Gasteiger partial charge in [0.1, 0.15) is 0 Å². The van der Waals surface area contributed by atoms with E-state index in [9.17, 15) is 0 Å². The van der Waals surface area contributed by atoms with Crippen LogP contribution in [0.15, 0.2) is 10.6 Å². The van der Waals surface area contributed by atoms with E-state index < -0.39 is 0 Å². The maximum Gasteiger partial charge on any atom is 0.321 e. The summed E-state index contributed by atoms with van der Waals surface area (Å²) in [5, 5.41) is 11.5. The molecule has 2 aromatic rings. The average Bonchev–Trinajstić information content (AvgIpc) is 2.92. The molecule has 0 bridgehead atoms. The smallest absolute Gasteiger partial charge is 0.321 e. The number of hydrogen-bond acceptors (Lipinski definition) is 5. The second kappa shape index (κ2) is 5.86. The van der Waals surface area contributed by atoms with E-state index >= 15 is 0 Å². The normalized spacial score (nSPS) is 11.2. The first-order valence-corrected chi connectivity index (χ1v) is 6.65. The van der Waals surface area contributed by atoms with Crippen molar-refractivity contribution in [2.24, 2.45) is 0 Å². The summed E-state index contributed by atoms with van der Waals surface area (Å²) in [4.78, 5) is 4.26. The van der Waals surface area contributed by atoms with Crippen LogP contribution in [0.25, 0.3) is 0 Å². The zero-order valence-electron chi connectivity index (χ0n) is 12.0. The Balaban J connectivity index is 1.76. The first-order chi connectivity index (χ1) is 9.06. The lowest BCUT2D eigenvalue weighted by Gasteiger charge is -2.04. The monoisotopic (exact) mass is 263 g/mol. The fourth-order valence-electron chi connectivity index (χ4n) is 1.87. The number of rotatable bonds is 6. The molecule has 6 heteroatoms. The van der Waals surface area contributed by atoms with Crippen molar-refractivity contribution < 1.29 is 4.52 Å². The lowest BCUT2D eigenvalue weighted by atomic mass is 10.2. The van der Waals surface area contributed by atoms with Crippen LogP contribution in [0, 0.1) is 13.8 Å². The molecule has 0 atom stereocenters. The van der Waals surface area contributed by atoms with Crippen molar-refractivity contribution in [2.45, 2.75) is 46.6 Å². The molecule has 0 saturated heterocycles. The molecule has 0 aliphatic carbocycles. The molecular formula is C13H21N5O. The van der Waals surface area contributed by atoms with Crippen LogP contribution in [0.2, 0.25) is 0 Å². The van der Waals surface area contributed by atoms with Gasteiger partial charge in [0.15, 0.2) is 5.82 Å². The van der Waals surface area contributed by atoms with Crippen LogP contribution in [0.5, 0.6) is 0 Å². The van der Waals surface area contributed by atoms with Gasteiger partial charge in [-0.25, -0.2) is 0 Å². The van der Waals surface area contributed by atoms with Gasteiger partial charge in [0.05, 0.1) is 5.69 Å². The summed E-state index contributed by atoms with van der Waals surface area (Å²) >= 11 is 0. The van der Waals surface area contributed by atoms with Gasteiger partial charge in [0.2, 0.25) is 0 Å². The van der Waals surface area contributed by atoms with Gasteiger partial charge in [-0.2, -0.15) is 10.1 Å². The molecular weight excluding hydrogens is 242 g/mol. The topological polar surface area (TPSA) is 68.8 Å². The SMILES string of the molecule is Cc1cc(C)n(CCCNc2nc(C(C)C)no2)n1. The Labute approximate surface area is 113 Å². The number of nitrogens with zero attached hydrogens (tertiary/aromatic N) is 4. The van der Waals surface area contributed by atoms with E-state index in [1.54, 1.807) is 0 Å². The molecule has 1 N–H and O–H groups in total. The van der Waals surface area contributed by atoms with Gasteiger partial charge in [-0.05, 0) is 26.3 Å². The first-order valence-electron chi connectivity index (χ1n) is 6.65. The lowest BCUT2D eigenvalue weighted by Crippen LogP contribution is -2.09. The zero-order chi connectivity index (χ0) is 13.8. The molecule has 19 heavy (non-hydrogen) atoms. The number of nitrogens with one attached hydrogen (secondary N) is 1. The Morgan fingerprint density at radius 1 is 1.37 bits per heavy atom. The second-order valence-corrected chi connectivity index (χ2v) is 5.04. The standard InChI is InChI=1S/C13H21N5O/c1-9(2)12-15-13(19-17-12)14-6-5-7-18-11(4)8-10(3)16-18/h8-9H,5-7H2,1-4H3,(H,14,15,17). The fourth-order valence-corrected chi connectivity index (χ4v) is 1.87. The fraction of sp³-hybridized carbons (Fsp3) is 0.615. The second-order valence-electron chi connectivity index (χ2n) is 5.04. The van der Waals surface area contributed by atoms with Crippen molar-refractivity contribution in [3.63, 3.8) is 0 Å². The molecule has 2 aromatic heterocycles. The number of aromatic nitrogens is 4. The molecule has 2 rings (SSSR count). The Morgan fingerprint density at radius 3 is 2.74 bits per heavy atom. The minimum atomic E-state index is 0.286. The van der Waals surface area contributed by atoms with Crippen molar-refractivity contribution in [2.75, 3.05) is 11.9 Å². The maximum absolute atomic E-state index is 5.11. The van der Waals surface area contributed by atoms with Crippen LogP contribution < -0.4 is 5.32 Å². The minimum Gasteiger partial charge on any atom is -0.338 e. The highest BCUT2D eigenvalue weighted by Gasteiger charge is 2.08. The van der Waals surface area contributed by atoms with Crippen LogP contribution in [0.3, 0.4) is 0 Å². The summed E-state index contributed by atoms with van der Waals surface area (Å²) in [6.45, 7) is 9.83. The summed E-state index contributed by atoms with van der Waals surface area (Å²) in [7, 11) is 0. The summed E-state index contributed by atoms with van der Waals surface area (Å²) < 4.78 is 7.13. The van der Waals surface area contributed by atoms with Crippen LogP contribution >= 0.6 is 0 Å². The Hall–Kier alpha value is -1.85. The van der Waals surface area contributed by atoms with Gasteiger partial charge in [-0.1, -0.05) is 19.0 Å². The summed E-state index contributed by atoms with van der Waals surface area (Å²) in [6, 6.07) is 2.58. The Morgan fingerprint density at radius 2 is 2.16 bits per heavy atom. The number of anilines is 1. The first kappa shape index (κ1) is 13.6. The third-order valence-corrected chi connectivity index (χ3v) is 2.88. The number of hydrogen-bond donors (Lipinski definition) is 1. The van der Waals surface area contributed by atoms with Gasteiger partial charge in [0, 0.05) is 24.7 Å². The minimum absolute atomic E-state index is 0.286. The Kier molecular flexibility index (Phi) is 4.19. The van der Waals surface area contributed by atoms with Gasteiger partial charge < -0.3 is 9.84 Å². The van der Waals surface area contributed by atoms with Gasteiger partial charge in [0.25, 0.3) is 0 Å². The average molecular weight is 263 g/mol. The predicted molar refractivity (Wildman–Crippen MR) is 73.2 cm³/mol. The number of aryl methyl sites for hydroxylation is 3. The van der Waals surface area contributed by atoms with Gasteiger partial charge >= 0.3 is 6.01 Å². The van der Waals surface area contributed by atoms with Crippen molar-refractivity contribution in [1.82, 2.24) is 19.9 Å². The van der Waals surface area contributed by atoms with Gasteiger partial charge in [-0.15, -0.1) is 0 Å². The van der Waals surface area contributed by atoms with E-state index in [1.165, 1.54) is 5.69 Å². The molecule has 2 heterocycles. The van der Waals surface area contributed by atoms with Gasteiger partial charge in [-0.3, -0.25) is 4.68 Å². The van der Waals surface area contributed by atoms with Crippen molar-refractivity contribution >= 4 is 6.01 Å². The van der Waals surface area contributed by atoms with E-state index in [1.807, 2.05) is 25.5 Å². The highest BCUT2D eigenvalue weighted by molar-refractivity contribution is 5.18. The summed E-state index contributed by atoms with van der Waals surface area (Å²) in [5.41, 5.74) is 2.25. The molecule has 0 amide bonds.